The predicted molar refractivity (Wildman–Crippen MR) is 99.3 cm³/mol. The third-order valence-corrected chi connectivity index (χ3v) is 4.08. The summed E-state index contributed by atoms with van der Waals surface area (Å²) in [7, 11) is 1.42. The van der Waals surface area contributed by atoms with Crippen LogP contribution in [-0.4, -0.2) is 40.7 Å². The van der Waals surface area contributed by atoms with Gasteiger partial charge in [0.15, 0.2) is 11.5 Å². The van der Waals surface area contributed by atoms with Crippen LogP contribution in [0.3, 0.4) is 0 Å². The van der Waals surface area contributed by atoms with Crippen molar-refractivity contribution in [2.24, 2.45) is 0 Å². The molecule has 0 unspecified atom stereocenters. The smallest absolute Gasteiger partial charge is 0.341 e. The van der Waals surface area contributed by atoms with Crippen LogP contribution >= 0.6 is 0 Å². The molecule has 0 aromatic heterocycles. The zero-order valence-electron chi connectivity index (χ0n) is 15.5. The van der Waals surface area contributed by atoms with Gasteiger partial charge in [0, 0.05) is 18.9 Å². The molecule has 2 aromatic rings. The molecule has 0 saturated heterocycles. The van der Waals surface area contributed by atoms with Gasteiger partial charge in [-0.15, -0.1) is 0 Å². The molecule has 8 nitrogen and oxygen atoms in total. The number of methoxy groups -OCH3 is 1. The Bertz CT molecular complexity index is 850. The molecule has 0 aliphatic heterocycles. The first-order valence-corrected chi connectivity index (χ1v) is 8.38. The van der Waals surface area contributed by atoms with Gasteiger partial charge in [0.25, 0.3) is 0 Å². The first-order chi connectivity index (χ1) is 13.3. The van der Waals surface area contributed by atoms with E-state index in [1.54, 1.807) is 12.1 Å². The summed E-state index contributed by atoms with van der Waals surface area (Å²) in [5, 5.41) is 21.2. The average molecular weight is 387 g/mol. The van der Waals surface area contributed by atoms with E-state index < -0.39 is 29.8 Å². The van der Waals surface area contributed by atoms with E-state index in [1.807, 2.05) is 35.6 Å². The summed E-state index contributed by atoms with van der Waals surface area (Å²) in [5.41, 5.74) is -1.40. The van der Waals surface area contributed by atoms with Gasteiger partial charge in [-0.1, -0.05) is 42.5 Å². The van der Waals surface area contributed by atoms with Gasteiger partial charge in [0.1, 0.15) is 6.61 Å². The fraction of sp³-hybridized carbons (Fsp3) is 0.250. The lowest BCUT2D eigenvalue weighted by atomic mass is 9.90. The molecule has 0 saturated carbocycles. The van der Waals surface area contributed by atoms with Crippen molar-refractivity contribution in [1.82, 2.24) is 5.32 Å². The van der Waals surface area contributed by atoms with Crippen LogP contribution in [0.1, 0.15) is 18.1 Å². The van der Waals surface area contributed by atoms with Crippen molar-refractivity contribution in [3.63, 3.8) is 0 Å². The Balaban J connectivity index is 2.44. The second kappa shape index (κ2) is 8.90. The molecule has 3 N–H and O–H groups in total. The SMILES string of the molecule is COc1cccc(CC(NC(C)=O)(C(=O)O)C(=O)O)c1OCc1ccccc1. The summed E-state index contributed by atoms with van der Waals surface area (Å²) in [6.07, 6.45) is -0.529. The van der Waals surface area contributed by atoms with Crippen LogP contribution in [0.5, 0.6) is 11.5 Å². The number of carboxylic acids is 2. The molecular weight excluding hydrogens is 366 g/mol. The van der Waals surface area contributed by atoms with Crippen LogP contribution in [0.15, 0.2) is 48.5 Å². The van der Waals surface area contributed by atoms with Crippen LogP contribution in [0.25, 0.3) is 0 Å². The van der Waals surface area contributed by atoms with Crippen LogP contribution < -0.4 is 14.8 Å². The van der Waals surface area contributed by atoms with E-state index in [-0.39, 0.29) is 17.9 Å². The molecule has 0 fully saturated rings. The molecule has 0 heterocycles. The third-order valence-electron chi connectivity index (χ3n) is 4.08. The van der Waals surface area contributed by atoms with E-state index in [0.717, 1.165) is 12.5 Å². The van der Waals surface area contributed by atoms with Crippen molar-refractivity contribution in [2.45, 2.75) is 25.5 Å². The first-order valence-electron chi connectivity index (χ1n) is 8.38. The van der Waals surface area contributed by atoms with Crippen molar-refractivity contribution >= 4 is 17.8 Å². The van der Waals surface area contributed by atoms with Gasteiger partial charge < -0.3 is 25.0 Å². The van der Waals surface area contributed by atoms with Gasteiger partial charge in [-0.2, -0.15) is 0 Å². The number of carbonyl (C=O) groups is 3. The Morgan fingerprint density at radius 2 is 1.64 bits per heavy atom. The summed E-state index contributed by atoms with van der Waals surface area (Å²) < 4.78 is 11.1. The van der Waals surface area contributed by atoms with Crippen LogP contribution in [-0.2, 0) is 27.4 Å². The van der Waals surface area contributed by atoms with Gasteiger partial charge in [-0.25, -0.2) is 9.59 Å². The number of hydrogen-bond acceptors (Lipinski definition) is 5. The minimum Gasteiger partial charge on any atom is -0.493 e. The zero-order chi connectivity index (χ0) is 20.7. The number of carbonyl (C=O) groups excluding carboxylic acids is 1. The highest BCUT2D eigenvalue weighted by atomic mass is 16.5. The largest absolute Gasteiger partial charge is 0.493 e. The van der Waals surface area contributed by atoms with Crippen molar-refractivity contribution in [2.75, 3.05) is 7.11 Å². The molecule has 1 amide bonds. The van der Waals surface area contributed by atoms with E-state index in [2.05, 4.69) is 0 Å². The minimum atomic E-state index is -2.54. The lowest BCUT2D eigenvalue weighted by Gasteiger charge is -2.27. The molecule has 0 aliphatic carbocycles. The third kappa shape index (κ3) is 4.59. The topological polar surface area (TPSA) is 122 Å². The zero-order valence-corrected chi connectivity index (χ0v) is 15.5. The molecule has 2 rings (SSSR count). The average Bonchev–Trinajstić information content (AvgIpc) is 2.66. The second-order valence-electron chi connectivity index (χ2n) is 6.10. The number of aliphatic carboxylic acids is 2. The van der Waals surface area contributed by atoms with E-state index in [4.69, 9.17) is 9.47 Å². The van der Waals surface area contributed by atoms with E-state index >= 15 is 0 Å². The van der Waals surface area contributed by atoms with Crippen molar-refractivity contribution < 1.29 is 34.1 Å². The highest BCUT2D eigenvalue weighted by molar-refractivity contribution is 6.06. The minimum absolute atomic E-state index is 0.168. The summed E-state index contributed by atoms with van der Waals surface area (Å²) in [6.45, 7) is 1.22. The number of hydrogen-bond donors (Lipinski definition) is 3. The van der Waals surface area contributed by atoms with Crippen molar-refractivity contribution in [1.29, 1.82) is 0 Å². The van der Waals surface area contributed by atoms with Crippen molar-refractivity contribution in [3.05, 3.63) is 59.7 Å². The Kier molecular flexibility index (Phi) is 6.59. The number of amides is 1. The number of benzene rings is 2. The van der Waals surface area contributed by atoms with Gasteiger partial charge in [-0.05, 0) is 11.6 Å². The lowest BCUT2D eigenvalue weighted by Crippen LogP contribution is -2.61. The standard InChI is InChI=1S/C20H21NO7/c1-13(22)21-20(18(23)24,19(25)26)11-15-9-6-10-16(27-2)17(15)28-12-14-7-4-3-5-8-14/h3-10H,11-12H2,1-2H3,(H,21,22)(H,23,24)(H,25,26). The summed E-state index contributed by atoms with van der Waals surface area (Å²) in [5.74, 6) is -3.62. The molecule has 0 spiro atoms. The number of carboxylic acid groups (broad SMARTS) is 2. The van der Waals surface area contributed by atoms with E-state index in [9.17, 15) is 24.6 Å². The maximum absolute atomic E-state index is 11.8. The number of nitrogens with one attached hydrogen (secondary N) is 1. The van der Waals surface area contributed by atoms with E-state index in [0.29, 0.717) is 5.75 Å². The highest BCUT2D eigenvalue weighted by Gasteiger charge is 2.48. The van der Waals surface area contributed by atoms with Gasteiger partial charge in [0.2, 0.25) is 11.4 Å². The molecule has 8 heteroatoms. The second-order valence-corrected chi connectivity index (χ2v) is 6.10. The molecule has 0 radical (unpaired) electrons. The summed E-state index contributed by atoms with van der Waals surface area (Å²) >= 11 is 0. The highest BCUT2D eigenvalue weighted by Crippen LogP contribution is 2.34. The maximum Gasteiger partial charge on any atom is 0.341 e. The molecule has 28 heavy (non-hydrogen) atoms. The van der Waals surface area contributed by atoms with Gasteiger partial charge in [-0.3, -0.25) is 4.79 Å². The lowest BCUT2D eigenvalue weighted by molar-refractivity contribution is -0.161. The number of rotatable bonds is 9. The first kappa shape index (κ1) is 20.8. The Morgan fingerprint density at radius 3 is 2.18 bits per heavy atom. The monoisotopic (exact) mass is 387 g/mol. The predicted octanol–water partition coefficient (Wildman–Crippen LogP) is 1.86. The van der Waals surface area contributed by atoms with Crippen LogP contribution in [0, 0.1) is 0 Å². The quantitative estimate of drug-likeness (QED) is 0.561. The van der Waals surface area contributed by atoms with Gasteiger partial charge >= 0.3 is 11.9 Å². The molecule has 148 valence electrons. The maximum atomic E-state index is 11.8. The molecule has 0 atom stereocenters. The van der Waals surface area contributed by atoms with Gasteiger partial charge in [0.05, 0.1) is 7.11 Å². The molecule has 2 aromatic carbocycles. The molecule has 0 bridgehead atoms. The Morgan fingerprint density at radius 1 is 1.00 bits per heavy atom. The van der Waals surface area contributed by atoms with Crippen molar-refractivity contribution in [3.8, 4) is 11.5 Å². The Labute approximate surface area is 161 Å². The number of para-hydroxylation sites is 1. The number of ether oxygens (including phenoxy) is 2. The van der Waals surface area contributed by atoms with Crippen LogP contribution in [0.2, 0.25) is 0 Å². The fourth-order valence-corrected chi connectivity index (χ4v) is 2.73. The normalized spacial score (nSPS) is 10.8. The Hall–Kier alpha value is -3.55. The summed E-state index contributed by atoms with van der Waals surface area (Å²) in [4.78, 5) is 35.0. The fourth-order valence-electron chi connectivity index (χ4n) is 2.73. The molecular formula is C20H21NO7. The molecule has 0 aliphatic rings. The van der Waals surface area contributed by atoms with E-state index in [1.165, 1.54) is 13.2 Å². The van der Waals surface area contributed by atoms with Crippen LogP contribution in [0.4, 0.5) is 0 Å². The summed E-state index contributed by atoms with van der Waals surface area (Å²) in [6, 6.07) is 14.0.